The van der Waals surface area contributed by atoms with Crippen LogP contribution in [0.1, 0.15) is 40.6 Å². The average molecular weight is 373 g/mol. The second-order valence-electron chi connectivity index (χ2n) is 6.32. The van der Waals surface area contributed by atoms with E-state index in [0.29, 0.717) is 29.4 Å². The van der Waals surface area contributed by atoms with Gasteiger partial charge in [0.25, 0.3) is 5.91 Å². The minimum atomic E-state index is -0.565. The van der Waals surface area contributed by atoms with Crippen LogP contribution in [0.25, 0.3) is 0 Å². The first-order chi connectivity index (χ1) is 13.0. The van der Waals surface area contributed by atoms with Gasteiger partial charge in [0, 0.05) is 12.1 Å². The van der Waals surface area contributed by atoms with Crippen molar-refractivity contribution in [1.82, 2.24) is 4.90 Å². The van der Waals surface area contributed by atoms with E-state index >= 15 is 0 Å². The molecule has 2 aromatic rings. The summed E-state index contributed by atoms with van der Waals surface area (Å²) in [6.45, 7) is 1.96. The minimum Gasteiger partial charge on any atom is -0.497 e. The van der Waals surface area contributed by atoms with E-state index in [1.54, 1.807) is 26.0 Å². The van der Waals surface area contributed by atoms with Gasteiger partial charge in [-0.05, 0) is 44.0 Å². The van der Waals surface area contributed by atoms with Gasteiger partial charge in [0.15, 0.2) is 6.61 Å². The van der Waals surface area contributed by atoms with Crippen LogP contribution in [0.15, 0.2) is 34.9 Å². The van der Waals surface area contributed by atoms with Crippen LogP contribution in [0.2, 0.25) is 0 Å². The highest BCUT2D eigenvalue weighted by Gasteiger charge is 2.32. The van der Waals surface area contributed by atoms with Crippen molar-refractivity contribution in [3.05, 3.63) is 47.4 Å². The number of methoxy groups -OCH3 is 2. The Morgan fingerprint density at radius 2 is 2.04 bits per heavy atom. The summed E-state index contributed by atoms with van der Waals surface area (Å²) in [4.78, 5) is 26.5. The number of carbonyl (C=O) groups is 2. The molecule has 1 amide bonds. The van der Waals surface area contributed by atoms with Crippen LogP contribution in [-0.2, 0) is 9.53 Å². The first-order valence-corrected chi connectivity index (χ1v) is 8.77. The highest BCUT2D eigenvalue weighted by Crippen LogP contribution is 2.38. The predicted molar refractivity (Wildman–Crippen MR) is 97.0 cm³/mol. The van der Waals surface area contributed by atoms with E-state index in [1.165, 1.54) is 12.3 Å². The van der Waals surface area contributed by atoms with E-state index in [2.05, 4.69) is 0 Å². The lowest BCUT2D eigenvalue weighted by atomic mass is 10.0. The van der Waals surface area contributed by atoms with Crippen LogP contribution in [0.4, 0.5) is 0 Å². The molecule has 144 valence electrons. The molecule has 0 saturated carbocycles. The summed E-state index contributed by atoms with van der Waals surface area (Å²) in [6.07, 6.45) is 3.09. The number of ether oxygens (including phenoxy) is 3. The van der Waals surface area contributed by atoms with Crippen LogP contribution < -0.4 is 9.47 Å². The van der Waals surface area contributed by atoms with Gasteiger partial charge in [0.05, 0.1) is 26.5 Å². The van der Waals surface area contributed by atoms with Crippen molar-refractivity contribution in [2.24, 2.45) is 0 Å². The summed E-state index contributed by atoms with van der Waals surface area (Å²) in [5.74, 6) is 1.06. The van der Waals surface area contributed by atoms with Crippen molar-refractivity contribution in [2.45, 2.75) is 25.8 Å². The van der Waals surface area contributed by atoms with Gasteiger partial charge >= 0.3 is 5.97 Å². The summed E-state index contributed by atoms with van der Waals surface area (Å²) in [5.41, 5.74) is 1.22. The lowest BCUT2D eigenvalue weighted by Gasteiger charge is -2.26. The zero-order valence-corrected chi connectivity index (χ0v) is 15.7. The number of rotatable bonds is 6. The van der Waals surface area contributed by atoms with Crippen molar-refractivity contribution in [2.75, 3.05) is 27.4 Å². The fraction of sp³-hybridized carbons (Fsp3) is 0.400. The summed E-state index contributed by atoms with van der Waals surface area (Å²) in [5, 5.41) is 0. The van der Waals surface area contributed by atoms with Gasteiger partial charge in [-0.1, -0.05) is 0 Å². The minimum absolute atomic E-state index is 0.142. The molecule has 0 bridgehead atoms. The number of likely N-dealkylation sites (tertiary alicyclic amines) is 1. The maximum absolute atomic E-state index is 12.7. The van der Waals surface area contributed by atoms with Gasteiger partial charge < -0.3 is 23.5 Å². The highest BCUT2D eigenvalue weighted by atomic mass is 16.5. The molecule has 1 aromatic carbocycles. The Bertz CT molecular complexity index is 828. The number of furan rings is 1. The van der Waals surface area contributed by atoms with Gasteiger partial charge in [-0.3, -0.25) is 4.79 Å². The molecule has 1 aromatic heterocycles. The molecule has 7 heteroatoms. The lowest BCUT2D eigenvalue weighted by molar-refractivity contribution is -0.135. The summed E-state index contributed by atoms with van der Waals surface area (Å²) >= 11 is 0. The Hall–Kier alpha value is -2.96. The van der Waals surface area contributed by atoms with Crippen molar-refractivity contribution < 1.29 is 28.2 Å². The molecule has 1 saturated heterocycles. The smallest absolute Gasteiger partial charge is 0.342 e. The number of benzene rings is 1. The van der Waals surface area contributed by atoms with Crippen molar-refractivity contribution in [3.63, 3.8) is 0 Å². The van der Waals surface area contributed by atoms with Crippen molar-refractivity contribution >= 4 is 11.9 Å². The zero-order valence-electron chi connectivity index (χ0n) is 15.7. The Morgan fingerprint density at radius 3 is 2.70 bits per heavy atom. The summed E-state index contributed by atoms with van der Waals surface area (Å²) in [7, 11) is 3.20. The molecule has 1 fully saturated rings. The summed E-state index contributed by atoms with van der Waals surface area (Å²) < 4.78 is 21.0. The molecule has 27 heavy (non-hydrogen) atoms. The monoisotopic (exact) mass is 373 g/mol. The number of hydrogen-bond acceptors (Lipinski definition) is 6. The van der Waals surface area contributed by atoms with Gasteiger partial charge in [0.1, 0.15) is 22.8 Å². The number of amides is 1. The van der Waals surface area contributed by atoms with Crippen molar-refractivity contribution in [1.29, 1.82) is 0 Å². The number of carbonyl (C=O) groups excluding carboxylic acids is 2. The molecule has 2 heterocycles. The Kier molecular flexibility index (Phi) is 5.69. The summed E-state index contributed by atoms with van der Waals surface area (Å²) in [6, 6.07) is 6.92. The van der Waals surface area contributed by atoms with E-state index in [4.69, 9.17) is 18.6 Å². The Labute approximate surface area is 157 Å². The van der Waals surface area contributed by atoms with Gasteiger partial charge in [0.2, 0.25) is 0 Å². The normalized spacial score (nSPS) is 16.3. The van der Waals surface area contributed by atoms with Crippen molar-refractivity contribution in [3.8, 4) is 11.5 Å². The van der Waals surface area contributed by atoms with E-state index in [9.17, 15) is 9.59 Å². The standard InChI is InChI=1S/C20H23NO6/c1-13-15(8-10-26-13)20(23)27-12-19(22)21-9-4-5-17(21)16-11-14(24-2)6-7-18(16)25-3/h6-8,10-11,17H,4-5,9,12H2,1-3H3/t17-/m0/s1. The maximum atomic E-state index is 12.7. The molecular weight excluding hydrogens is 350 g/mol. The van der Waals surface area contributed by atoms with Crippen LogP contribution >= 0.6 is 0 Å². The van der Waals surface area contributed by atoms with Gasteiger partial charge in [-0.15, -0.1) is 0 Å². The third-order valence-electron chi connectivity index (χ3n) is 4.77. The molecular formula is C20H23NO6. The third-order valence-corrected chi connectivity index (χ3v) is 4.77. The van der Waals surface area contributed by atoms with Crippen LogP contribution in [0.5, 0.6) is 11.5 Å². The van der Waals surface area contributed by atoms with Crippen LogP contribution in [-0.4, -0.2) is 44.1 Å². The van der Waals surface area contributed by atoms with E-state index in [-0.39, 0.29) is 18.6 Å². The zero-order chi connectivity index (χ0) is 19.4. The second kappa shape index (κ2) is 8.16. The number of nitrogens with zero attached hydrogens (tertiary/aromatic N) is 1. The van der Waals surface area contributed by atoms with E-state index in [1.807, 2.05) is 18.2 Å². The van der Waals surface area contributed by atoms with E-state index < -0.39 is 5.97 Å². The average Bonchev–Trinajstić information content (AvgIpc) is 3.34. The first kappa shape index (κ1) is 18.8. The molecule has 1 aliphatic rings. The number of aryl methyl sites for hydroxylation is 1. The molecule has 0 aliphatic carbocycles. The quantitative estimate of drug-likeness (QED) is 0.724. The molecule has 7 nitrogen and oxygen atoms in total. The predicted octanol–water partition coefficient (Wildman–Crippen LogP) is 3.13. The number of esters is 1. The molecule has 0 spiro atoms. The van der Waals surface area contributed by atoms with Gasteiger partial charge in [-0.25, -0.2) is 4.79 Å². The van der Waals surface area contributed by atoms with Crippen LogP contribution in [0, 0.1) is 6.92 Å². The molecule has 0 N–H and O–H groups in total. The molecule has 0 radical (unpaired) electrons. The van der Waals surface area contributed by atoms with Crippen LogP contribution in [0.3, 0.4) is 0 Å². The molecule has 0 unspecified atom stereocenters. The lowest BCUT2D eigenvalue weighted by Crippen LogP contribution is -2.34. The van der Waals surface area contributed by atoms with Gasteiger partial charge in [-0.2, -0.15) is 0 Å². The number of hydrogen-bond donors (Lipinski definition) is 0. The second-order valence-corrected chi connectivity index (χ2v) is 6.32. The fourth-order valence-corrected chi connectivity index (χ4v) is 3.37. The topological polar surface area (TPSA) is 78.2 Å². The molecule has 1 atom stereocenters. The molecule has 3 rings (SSSR count). The Morgan fingerprint density at radius 1 is 1.22 bits per heavy atom. The first-order valence-electron chi connectivity index (χ1n) is 8.77. The molecule has 1 aliphatic heterocycles. The highest BCUT2D eigenvalue weighted by molar-refractivity contribution is 5.92. The largest absolute Gasteiger partial charge is 0.497 e. The fourth-order valence-electron chi connectivity index (χ4n) is 3.37. The third kappa shape index (κ3) is 3.92. The van der Waals surface area contributed by atoms with E-state index in [0.717, 1.165) is 18.4 Å². The Balaban J connectivity index is 1.71. The maximum Gasteiger partial charge on any atom is 0.342 e. The SMILES string of the molecule is COc1ccc(OC)c([C@@H]2CCCN2C(=O)COC(=O)c2ccoc2C)c1.